The van der Waals surface area contributed by atoms with E-state index in [1.165, 1.54) is 3.96 Å². The summed E-state index contributed by atoms with van der Waals surface area (Å²) >= 11 is -2.63. The van der Waals surface area contributed by atoms with E-state index in [1.807, 2.05) is 12.2 Å². The van der Waals surface area contributed by atoms with Gasteiger partial charge in [-0.05, 0) is 0 Å². The molecule has 0 radical (unpaired) electrons. The van der Waals surface area contributed by atoms with E-state index in [2.05, 4.69) is 18.2 Å². The summed E-state index contributed by atoms with van der Waals surface area (Å²) in [5, 5.41) is 0. The van der Waals surface area contributed by atoms with Crippen LogP contribution in [0.4, 0.5) is 0 Å². The fourth-order valence-electron chi connectivity index (χ4n) is 1.05. The first-order valence-corrected chi connectivity index (χ1v) is 10.8. The molecule has 11 heavy (non-hydrogen) atoms. The van der Waals surface area contributed by atoms with Gasteiger partial charge in [0.25, 0.3) is 0 Å². The molecule has 0 fully saturated rings. The summed E-state index contributed by atoms with van der Waals surface area (Å²) in [4.78, 5) is 0. The van der Waals surface area contributed by atoms with Crippen molar-refractivity contribution in [2.24, 2.45) is 0 Å². The van der Waals surface area contributed by atoms with Gasteiger partial charge in [-0.1, -0.05) is 0 Å². The van der Waals surface area contributed by atoms with E-state index in [1.54, 1.807) is 0 Å². The number of hydrogen-bond acceptors (Lipinski definition) is 0. The van der Waals surface area contributed by atoms with Crippen molar-refractivity contribution < 1.29 is 14.0 Å². The molecule has 0 nitrogen and oxygen atoms in total. The number of hydrogen-bond donors (Lipinski definition) is 0. The molecular weight excluding hydrogens is 263 g/mol. The molecule has 0 saturated heterocycles. The van der Waals surface area contributed by atoms with Crippen LogP contribution in [0.15, 0.2) is 34.3 Å². The van der Waals surface area contributed by atoms with Crippen LogP contribution in [0.25, 0.3) is 0 Å². The Hall–Kier alpha value is 0.488. The Morgan fingerprint density at radius 3 is 2.27 bits per heavy atom. The van der Waals surface area contributed by atoms with Crippen LogP contribution in [0.5, 0.6) is 0 Å². The molecule has 0 atom stereocenters. The topological polar surface area (TPSA) is 0 Å². The number of rotatable bonds is 2. The Bertz CT molecular complexity index is 251. The van der Waals surface area contributed by atoms with Crippen LogP contribution in [0.3, 0.4) is 0 Å². The van der Waals surface area contributed by atoms with Crippen LogP contribution >= 0.6 is 18.8 Å². The molecule has 60 valence electrons. The monoisotopic (exact) mass is 272 g/mol. The molecule has 0 aromatic heterocycles. The Morgan fingerprint density at radius 1 is 1.27 bits per heavy atom. The number of halogens is 2. The summed E-state index contributed by atoms with van der Waals surface area (Å²) in [7, 11) is 12.6. The van der Waals surface area contributed by atoms with Crippen molar-refractivity contribution in [2.75, 3.05) is 0 Å². The summed E-state index contributed by atoms with van der Waals surface area (Å²) in [6.45, 7) is 0. The van der Waals surface area contributed by atoms with Gasteiger partial charge in [0, 0.05) is 0 Å². The molecule has 0 aromatic carbocycles. The summed E-state index contributed by atoms with van der Waals surface area (Å²) < 4.78 is 1.70. The minimum absolute atomic E-state index is 0.356. The normalized spacial score (nSPS) is 24.0. The summed E-state index contributed by atoms with van der Waals surface area (Å²) in [5.41, 5.74) is 0. The first-order chi connectivity index (χ1) is 5.21. The fraction of sp³-hybridized carbons (Fsp3) is 0.250. The molecule has 2 rings (SSSR count). The van der Waals surface area contributed by atoms with Crippen molar-refractivity contribution in [2.45, 2.75) is 10.7 Å². The Balaban J connectivity index is 2.18. The van der Waals surface area contributed by atoms with Gasteiger partial charge >= 0.3 is 77.9 Å². The average Bonchev–Trinajstić information content (AvgIpc) is 2.66. The zero-order valence-corrected chi connectivity index (χ0v) is 9.35. The second-order valence-corrected chi connectivity index (χ2v) is 14.4. The van der Waals surface area contributed by atoms with E-state index in [9.17, 15) is 0 Å². The Morgan fingerprint density at radius 2 is 1.82 bits per heavy atom. The van der Waals surface area contributed by atoms with Crippen molar-refractivity contribution in [3.63, 3.8) is 0 Å². The standard InChI is InChI=1S/C5H5.C3H3.2ClH.Mo/c1-2-4-5-3-1;1-2-3-1;;;/h1-5H;1H,2H2;2*1H;/q;;;;+2/p-2. The Labute approximate surface area is 77.6 Å². The van der Waals surface area contributed by atoms with Crippen molar-refractivity contribution in [1.29, 1.82) is 0 Å². The van der Waals surface area contributed by atoms with E-state index in [4.69, 9.17) is 18.8 Å². The number of allylic oxidation sites excluding steroid dienone is 6. The molecule has 0 spiro atoms. The van der Waals surface area contributed by atoms with Gasteiger partial charge in [0.2, 0.25) is 0 Å². The van der Waals surface area contributed by atoms with Crippen LogP contribution in [0, 0.1) is 0 Å². The fourth-order valence-corrected chi connectivity index (χ4v) is 7.52. The minimum atomic E-state index is -2.63. The van der Waals surface area contributed by atoms with E-state index >= 15 is 0 Å². The SMILES string of the molecule is [Cl][Mo]([Cl])([C]1=CC1)[CH]1C=CC=C1. The first-order valence-electron chi connectivity index (χ1n) is 3.47. The third-order valence-electron chi connectivity index (χ3n) is 1.77. The second kappa shape index (κ2) is 2.76. The van der Waals surface area contributed by atoms with E-state index < -0.39 is 14.0 Å². The van der Waals surface area contributed by atoms with Gasteiger partial charge in [0.05, 0.1) is 0 Å². The van der Waals surface area contributed by atoms with Crippen LogP contribution in [0.1, 0.15) is 6.42 Å². The van der Waals surface area contributed by atoms with Crippen LogP contribution in [-0.2, 0) is 14.0 Å². The van der Waals surface area contributed by atoms with Gasteiger partial charge in [-0.25, -0.2) is 0 Å². The summed E-state index contributed by atoms with van der Waals surface area (Å²) in [6, 6.07) is 0. The predicted octanol–water partition coefficient (Wildman–Crippen LogP) is 3.65. The first kappa shape index (κ1) is 8.10. The van der Waals surface area contributed by atoms with E-state index in [0.717, 1.165) is 6.42 Å². The zero-order chi connectivity index (χ0) is 7.90. The van der Waals surface area contributed by atoms with Crippen molar-refractivity contribution in [1.82, 2.24) is 0 Å². The maximum atomic E-state index is 6.32. The van der Waals surface area contributed by atoms with Crippen molar-refractivity contribution in [3.8, 4) is 0 Å². The molecular formula is C8H8Cl2Mo. The molecule has 3 heteroatoms. The molecule has 2 aliphatic carbocycles. The van der Waals surface area contributed by atoms with Crippen molar-refractivity contribution in [3.05, 3.63) is 34.3 Å². The molecule has 0 aromatic rings. The van der Waals surface area contributed by atoms with Crippen LogP contribution < -0.4 is 0 Å². The third kappa shape index (κ3) is 1.49. The Kier molecular flexibility index (Phi) is 2.03. The van der Waals surface area contributed by atoms with E-state index in [0.29, 0.717) is 4.31 Å². The molecule has 0 bridgehead atoms. The van der Waals surface area contributed by atoms with Gasteiger partial charge in [-0.15, -0.1) is 0 Å². The van der Waals surface area contributed by atoms with Crippen LogP contribution in [-0.4, -0.2) is 0 Å². The molecule has 2 aliphatic rings. The van der Waals surface area contributed by atoms with E-state index in [-0.39, 0.29) is 0 Å². The quantitative estimate of drug-likeness (QED) is 0.672. The molecule has 0 N–H and O–H groups in total. The average molecular weight is 271 g/mol. The van der Waals surface area contributed by atoms with Gasteiger partial charge in [0.1, 0.15) is 0 Å². The second-order valence-electron chi connectivity index (χ2n) is 2.62. The van der Waals surface area contributed by atoms with Gasteiger partial charge in [-0.3, -0.25) is 0 Å². The van der Waals surface area contributed by atoms with Gasteiger partial charge in [0.15, 0.2) is 0 Å². The molecule has 0 amide bonds. The molecule has 0 aliphatic heterocycles. The van der Waals surface area contributed by atoms with Gasteiger partial charge < -0.3 is 0 Å². The third-order valence-corrected chi connectivity index (χ3v) is 11.5. The molecule has 0 saturated carbocycles. The summed E-state index contributed by atoms with van der Waals surface area (Å²) in [6.07, 6.45) is 11.5. The predicted molar refractivity (Wildman–Crippen MR) is 46.4 cm³/mol. The van der Waals surface area contributed by atoms with Crippen molar-refractivity contribution >= 4 is 18.8 Å². The van der Waals surface area contributed by atoms with Gasteiger partial charge in [-0.2, -0.15) is 0 Å². The molecule has 0 heterocycles. The zero-order valence-electron chi connectivity index (χ0n) is 5.84. The van der Waals surface area contributed by atoms with Crippen LogP contribution in [0.2, 0.25) is 4.31 Å². The maximum absolute atomic E-state index is 6.32. The molecule has 0 unspecified atom stereocenters. The summed E-state index contributed by atoms with van der Waals surface area (Å²) in [5.74, 6) is 0.